The normalized spacial score (nSPS) is 21.8. The minimum Gasteiger partial charge on any atom is -0.385 e. The highest BCUT2D eigenvalue weighted by atomic mass is 16.2. The SMILES string of the molecule is CN1C[C@H](c2c(C#N)ccc3c2CCCN3)CC1=O. The van der Waals surface area contributed by atoms with Crippen molar-refractivity contribution < 1.29 is 4.79 Å². The van der Waals surface area contributed by atoms with Gasteiger partial charge in [0.25, 0.3) is 0 Å². The summed E-state index contributed by atoms with van der Waals surface area (Å²) in [5, 5.41) is 12.7. The molecule has 4 nitrogen and oxygen atoms in total. The predicted molar refractivity (Wildman–Crippen MR) is 73.0 cm³/mol. The van der Waals surface area contributed by atoms with E-state index in [0.29, 0.717) is 6.42 Å². The molecule has 1 aromatic carbocycles. The van der Waals surface area contributed by atoms with Crippen LogP contribution in [0.4, 0.5) is 5.69 Å². The third kappa shape index (κ3) is 1.95. The number of hydrogen-bond acceptors (Lipinski definition) is 3. The second-order valence-electron chi connectivity index (χ2n) is 5.37. The third-order valence-electron chi connectivity index (χ3n) is 4.15. The van der Waals surface area contributed by atoms with Crippen LogP contribution >= 0.6 is 0 Å². The van der Waals surface area contributed by atoms with Crippen molar-refractivity contribution in [3.63, 3.8) is 0 Å². The number of likely N-dealkylation sites (N-methyl/N-ethyl adjacent to an activating group) is 1. The van der Waals surface area contributed by atoms with Crippen LogP contribution in [0.2, 0.25) is 0 Å². The molecule has 0 spiro atoms. The van der Waals surface area contributed by atoms with E-state index in [0.717, 1.165) is 42.7 Å². The Bertz CT molecular complexity index is 573. The molecule has 0 saturated carbocycles. The zero-order chi connectivity index (χ0) is 13.4. The maximum Gasteiger partial charge on any atom is 0.223 e. The first-order valence-corrected chi connectivity index (χ1v) is 6.74. The van der Waals surface area contributed by atoms with E-state index >= 15 is 0 Å². The van der Waals surface area contributed by atoms with Crippen LogP contribution in [0.5, 0.6) is 0 Å². The second-order valence-corrected chi connectivity index (χ2v) is 5.37. The average Bonchev–Trinajstić information content (AvgIpc) is 2.77. The molecule has 1 N–H and O–H groups in total. The number of rotatable bonds is 1. The zero-order valence-electron chi connectivity index (χ0n) is 11.1. The number of benzene rings is 1. The van der Waals surface area contributed by atoms with Crippen molar-refractivity contribution in [3.05, 3.63) is 28.8 Å². The zero-order valence-corrected chi connectivity index (χ0v) is 11.1. The van der Waals surface area contributed by atoms with Crippen LogP contribution in [0.3, 0.4) is 0 Å². The first-order valence-electron chi connectivity index (χ1n) is 6.74. The van der Waals surface area contributed by atoms with Crippen LogP contribution in [-0.2, 0) is 11.2 Å². The Labute approximate surface area is 113 Å². The van der Waals surface area contributed by atoms with Gasteiger partial charge in [-0.25, -0.2) is 0 Å². The lowest BCUT2D eigenvalue weighted by atomic mass is 9.85. The van der Waals surface area contributed by atoms with Gasteiger partial charge in [0.1, 0.15) is 0 Å². The van der Waals surface area contributed by atoms with Crippen LogP contribution in [0.25, 0.3) is 0 Å². The standard InChI is InChI=1S/C15H17N3O/c1-18-9-11(7-14(18)19)15-10(8-16)4-5-13-12(15)3-2-6-17-13/h4-5,11,17H,2-3,6-7,9H2,1H3/t11-/m1/s1. The third-order valence-corrected chi connectivity index (χ3v) is 4.15. The molecule has 0 bridgehead atoms. The van der Waals surface area contributed by atoms with E-state index < -0.39 is 0 Å². The summed E-state index contributed by atoms with van der Waals surface area (Å²) in [5.74, 6) is 0.345. The molecule has 4 heteroatoms. The van der Waals surface area contributed by atoms with Crippen molar-refractivity contribution in [2.75, 3.05) is 25.5 Å². The number of hydrogen-bond donors (Lipinski definition) is 1. The smallest absolute Gasteiger partial charge is 0.223 e. The number of fused-ring (bicyclic) bond motifs is 1. The van der Waals surface area contributed by atoms with Gasteiger partial charge >= 0.3 is 0 Å². The Kier molecular flexibility index (Phi) is 2.90. The van der Waals surface area contributed by atoms with Crippen molar-refractivity contribution in [3.8, 4) is 6.07 Å². The van der Waals surface area contributed by atoms with E-state index in [1.807, 2.05) is 19.2 Å². The van der Waals surface area contributed by atoms with Gasteiger partial charge < -0.3 is 10.2 Å². The quantitative estimate of drug-likeness (QED) is 0.833. The van der Waals surface area contributed by atoms with E-state index in [2.05, 4.69) is 11.4 Å². The Hall–Kier alpha value is -2.02. The molecule has 2 aliphatic rings. The predicted octanol–water partition coefficient (Wildman–Crippen LogP) is 1.86. The number of likely N-dealkylation sites (tertiary alicyclic amines) is 1. The lowest BCUT2D eigenvalue weighted by Crippen LogP contribution is -2.20. The Morgan fingerprint density at radius 2 is 2.32 bits per heavy atom. The highest BCUT2D eigenvalue weighted by Gasteiger charge is 2.32. The molecule has 3 rings (SSSR count). The van der Waals surface area contributed by atoms with E-state index in [9.17, 15) is 10.1 Å². The van der Waals surface area contributed by atoms with Gasteiger partial charge in [-0.05, 0) is 36.1 Å². The lowest BCUT2D eigenvalue weighted by Gasteiger charge is -2.24. The fourth-order valence-electron chi connectivity index (χ4n) is 3.21. The van der Waals surface area contributed by atoms with Crippen molar-refractivity contribution in [2.45, 2.75) is 25.2 Å². The summed E-state index contributed by atoms with van der Waals surface area (Å²) in [6.07, 6.45) is 2.62. The van der Waals surface area contributed by atoms with Crippen molar-refractivity contribution in [1.29, 1.82) is 5.26 Å². The Morgan fingerprint density at radius 3 is 3.00 bits per heavy atom. The first kappa shape index (κ1) is 12.0. The van der Waals surface area contributed by atoms with Gasteiger partial charge in [0.15, 0.2) is 0 Å². The van der Waals surface area contributed by atoms with E-state index in [1.165, 1.54) is 5.56 Å². The van der Waals surface area contributed by atoms with Crippen LogP contribution in [-0.4, -0.2) is 30.9 Å². The number of nitriles is 1. The van der Waals surface area contributed by atoms with Gasteiger partial charge in [-0.2, -0.15) is 5.26 Å². The second kappa shape index (κ2) is 4.58. The number of anilines is 1. The number of nitrogens with zero attached hydrogens (tertiary/aromatic N) is 2. The summed E-state index contributed by atoms with van der Waals surface area (Å²) in [6.45, 7) is 1.71. The molecular formula is C15H17N3O. The highest BCUT2D eigenvalue weighted by molar-refractivity contribution is 5.80. The maximum atomic E-state index is 11.8. The molecule has 1 saturated heterocycles. The fraction of sp³-hybridized carbons (Fsp3) is 0.467. The van der Waals surface area contributed by atoms with Crippen LogP contribution < -0.4 is 5.32 Å². The molecule has 1 fully saturated rings. The summed E-state index contributed by atoms with van der Waals surface area (Å²) in [4.78, 5) is 13.5. The summed E-state index contributed by atoms with van der Waals surface area (Å²) in [6, 6.07) is 6.18. The molecule has 1 amide bonds. The number of carbonyl (C=O) groups excluding carboxylic acids is 1. The number of nitrogens with one attached hydrogen (secondary N) is 1. The van der Waals surface area contributed by atoms with Crippen LogP contribution in [0.1, 0.15) is 35.4 Å². The summed E-state index contributed by atoms with van der Waals surface area (Å²) < 4.78 is 0. The molecular weight excluding hydrogens is 238 g/mol. The number of amides is 1. The first-order chi connectivity index (χ1) is 9.20. The largest absolute Gasteiger partial charge is 0.385 e. The summed E-state index contributed by atoms with van der Waals surface area (Å²) >= 11 is 0. The van der Waals surface area contributed by atoms with Gasteiger partial charge in [0.2, 0.25) is 5.91 Å². The van der Waals surface area contributed by atoms with Crippen molar-refractivity contribution >= 4 is 11.6 Å². The van der Waals surface area contributed by atoms with Gasteiger partial charge in [-0.1, -0.05) is 0 Å². The van der Waals surface area contributed by atoms with Gasteiger partial charge in [-0.3, -0.25) is 4.79 Å². The monoisotopic (exact) mass is 255 g/mol. The number of carbonyl (C=O) groups is 1. The lowest BCUT2D eigenvalue weighted by molar-refractivity contribution is -0.126. The van der Waals surface area contributed by atoms with Gasteiger partial charge in [0.05, 0.1) is 11.6 Å². The Balaban J connectivity index is 2.08. The average molecular weight is 255 g/mol. The Morgan fingerprint density at radius 1 is 1.47 bits per heavy atom. The van der Waals surface area contributed by atoms with E-state index in [1.54, 1.807) is 4.90 Å². The molecule has 2 heterocycles. The molecule has 2 aliphatic heterocycles. The van der Waals surface area contributed by atoms with Crippen molar-refractivity contribution in [1.82, 2.24) is 4.90 Å². The molecule has 0 aliphatic carbocycles. The van der Waals surface area contributed by atoms with Crippen LogP contribution in [0, 0.1) is 11.3 Å². The molecule has 0 unspecified atom stereocenters. The fourth-order valence-corrected chi connectivity index (χ4v) is 3.21. The molecule has 0 aromatic heterocycles. The van der Waals surface area contributed by atoms with Gasteiger partial charge in [-0.15, -0.1) is 0 Å². The highest BCUT2D eigenvalue weighted by Crippen LogP contribution is 2.37. The van der Waals surface area contributed by atoms with E-state index in [4.69, 9.17) is 0 Å². The van der Waals surface area contributed by atoms with Gasteiger partial charge in [0, 0.05) is 38.2 Å². The molecule has 0 radical (unpaired) electrons. The van der Waals surface area contributed by atoms with E-state index in [-0.39, 0.29) is 11.8 Å². The van der Waals surface area contributed by atoms with Crippen molar-refractivity contribution in [2.24, 2.45) is 0 Å². The molecule has 1 aromatic rings. The minimum absolute atomic E-state index is 0.169. The van der Waals surface area contributed by atoms with Crippen LogP contribution in [0.15, 0.2) is 12.1 Å². The minimum atomic E-state index is 0.169. The molecule has 98 valence electrons. The topological polar surface area (TPSA) is 56.1 Å². The summed E-state index contributed by atoms with van der Waals surface area (Å²) in [5.41, 5.74) is 4.22. The molecule has 19 heavy (non-hydrogen) atoms. The molecule has 1 atom stereocenters. The summed E-state index contributed by atoms with van der Waals surface area (Å²) in [7, 11) is 1.84. The maximum absolute atomic E-state index is 11.8.